The first-order valence-corrected chi connectivity index (χ1v) is 5.17. The molecule has 0 saturated heterocycles. The number of nitro groups is 1. The van der Waals surface area contributed by atoms with E-state index >= 15 is 0 Å². The Bertz CT molecular complexity index is 462. The molecule has 0 radical (unpaired) electrons. The maximum Gasteiger partial charge on any atom is 0.305 e. The Morgan fingerprint density at radius 2 is 2.27 bits per heavy atom. The van der Waals surface area contributed by atoms with Crippen LogP contribution in [0.1, 0.15) is 11.1 Å². The van der Waals surface area contributed by atoms with Crippen LogP contribution in [0.15, 0.2) is 12.1 Å². The summed E-state index contributed by atoms with van der Waals surface area (Å²) in [6.45, 7) is 1.66. The van der Waals surface area contributed by atoms with Crippen LogP contribution in [0.5, 0.6) is 0 Å². The fourth-order valence-corrected chi connectivity index (χ4v) is 1.21. The number of halogens is 2. The standard InChI is InChI=1S/C10H7BrFNO2/c1-7-5-10(13(14)15)9(12)6-8(7)3-2-4-11/h5-6H,4H2,1H3. The Morgan fingerprint density at radius 1 is 1.60 bits per heavy atom. The van der Waals surface area contributed by atoms with E-state index in [1.54, 1.807) is 6.92 Å². The van der Waals surface area contributed by atoms with Crippen molar-refractivity contribution in [3.05, 3.63) is 39.2 Å². The summed E-state index contributed by atoms with van der Waals surface area (Å²) in [5.41, 5.74) is 0.547. The molecule has 0 aliphatic carbocycles. The van der Waals surface area contributed by atoms with Gasteiger partial charge in [0, 0.05) is 11.6 Å². The second-order valence-corrected chi connectivity index (χ2v) is 3.37. The van der Waals surface area contributed by atoms with Crippen LogP contribution < -0.4 is 0 Å². The van der Waals surface area contributed by atoms with E-state index in [2.05, 4.69) is 27.8 Å². The number of aryl methyl sites for hydroxylation is 1. The highest BCUT2D eigenvalue weighted by atomic mass is 79.9. The molecule has 0 N–H and O–H groups in total. The van der Waals surface area contributed by atoms with E-state index in [1.807, 2.05) is 0 Å². The first kappa shape index (κ1) is 11.7. The van der Waals surface area contributed by atoms with E-state index in [0.29, 0.717) is 16.5 Å². The molecule has 0 unspecified atom stereocenters. The average Bonchev–Trinajstić information content (AvgIpc) is 2.18. The van der Waals surface area contributed by atoms with E-state index < -0.39 is 16.4 Å². The number of nitro benzene ring substituents is 1. The summed E-state index contributed by atoms with van der Waals surface area (Å²) in [6.07, 6.45) is 0. The van der Waals surface area contributed by atoms with Gasteiger partial charge >= 0.3 is 5.69 Å². The van der Waals surface area contributed by atoms with Gasteiger partial charge in [-0.05, 0) is 18.6 Å². The molecule has 0 amide bonds. The summed E-state index contributed by atoms with van der Waals surface area (Å²) in [4.78, 5) is 9.68. The molecule has 15 heavy (non-hydrogen) atoms. The highest BCUT2D eigenvalue weighted by Gasteiger charge is 2.15. The van der Waals surface area contributed by atoms with Crippen molar-refractivity contribution in [2.24, 2.45) is 0 Å². The van der Waals surface area contributed by atoms with Gasteiger partial charge in [0.05, 0.1) is 10.3 Å². The molecule has 0 bridgehead atoms. The van der Waals surface area contributed by atoms with Gasteiger partial charge in [-0.3, -0.25) is 10.1 Å². The molecule has 3 nitrogen and oxygen atoms in total. The second-order valence-electron chi connectivity index (χ2n) is 2.81. The van der Waals surface area contributed by atoms with E-state index in [0.717, 1.165) is 6.07 Å². The summed E-state index contributed by atoms with van der Waals surface area (Å²) >= 11 is 3.11. The lowest BCUT2D eigenvalue weighted by atomic mass is 10.1. The second kappa shape index (κ2) is 4.89. The van der Waals surface area contributed by atoms with Crippen molar-refractivity contribution in [1.29, 1.82) is 0 Å². The summed E-state index contributed by atoms with van der Waals surface area (Å²) in [7, 11) is 0. The molecule has 1 aromatic rings. The summed E-state index contributed by atoms with van der Waals surface area (Å²) < 4.78 is 13.2. The number of rotatable bonds is 1. The van der Waals surface area contributed by atoms with Gasteiger partial charge in [0.1, 0.15) is 0 Å². The minimum atomic E-state index is -0.857. The third-order valence-electron chi connectivity index (χ3n) is 1.78. The molecule has 78 valence electrons. The predicted octanol–water partition coefficient (Wildman–Crippen LogP) is 2.79. The van der Waals surface area contributed by atoms with Crippen molar-refractivity contribution in [3.63, 3.8) is 0 Å². The van der Waals surface area contributed by atoms with Crippen molar-refractivity contribution >= 4 is 21.6 Å². The van der Waals surface area contributed by atoms with Gasteiger partial charge in [-0.2, -0.15) is 4.39 Å². The molecule has 0 heterocycles. The van der Waals surface area contributed by atoms with Crippen molar-refractivity contribution < 1.29 is 9.31 Å². The molecule has 0 aliphatic heterocycles. The summed E-state index contributed by atoms with van der Waals surface area (Å²) in [5, 5.41) is 10.9. The molecule has 0 spiro atoms. The van der Waals surface area contributed by atoms with Crippen molar-refractivity contribution in [3.8, 4) is 11.8 Å². The number of benzene rings is 1. The van der Waals surface area contributed by atoms with Crippen LogP contribution >= 0.6 is 15.9 Å². The molecule has 0 atom stereocenters. The third kappa shape index (κ3) is 2.77. The topological polar surface area (TPSA) is 43.1 Å². The molecule has 0 fully saturated rings. The lowest BCUT2D eigenvalue weighted by Gasteiger charge is -1.99. The number of hydrogen-bond acceptors (Lipinski definition) is 2. The van der Waals surface area contributed by atoms with E-state index in [9.17, 15) is 14.5 Å². The van der Waals surface area contributed by atoms with Crippen LogP contribution in [0.2, 0.25) is 0 Å². The third-order valence-corrected chi connectivity index (χ3v) is 2.06. The SMILES string of the molecule is Cc1cc([N+](=O)[O-])c(F)cc1C#CCBr. The predicted molar refractivity (Wildman–Crippen MR) is 58.5 cm³/mol. The van der Waals surface area contributed by atoms with Crippen molar-refractivity contribution in [2.75, 3.05) is 5.33 Å². The number of alkyl halides is 1. The van der Waals surface area contributed by atoms with Crippen LogP contribution in [0.25, 0.3) is 0 Å². The van der Waals surface area contributed by atoms with Gasteiger partial charge in [0.15, 0.2) is 0 Å². The maximum absolute atomic E-state index is 13.2. The molecule has 1 rings (SSSR count). The Balaban J connectivity index is 3.25. The highest BCUT2D eigenvalue weighted by Crippen LogP contribution is 2.21. The largest absolute Gasteiger partial charge is 0.305 e. The maximum atomic E-state index is 13.2. The first-order chi connectivity index (χ1) is 7.06. The molecular weight excluding hydrogens is 265 g/mol. The van der Waals surface area contributed by atoms with Crippen LogP contribution in [-0.4, -0.2) is 10.3 Å². The monoisotopic (exact) mass is 271 g/mol. The quantitative estimate of drug-likeness (QED) is 0.341. The van der Waals surface area contributed by atoms with Crippen LogP contribution in [0, 0.1) is 34.7 Å². The fraction of sp³-hybridized carbons (Fsp3) is 0.200. The van der Waals surface area contributed by atoms with Gasteiger partial charge in [-0.1, -0.05) is 27.8 Å². The lowest BCUT2D eigenvalue weighted by molar-refractivity contribution is -0.387. The minimum Gasteiger partial charge on any atom is -0.258 e. The van der Waals surface area contributed by atoms with Crippen LogP contribution in [0.3, 0.4) is 0 Å². The van der Waals surface area contributed by atoms with Gasteiger partial charge in [0.2, 0.25) is 5.82 Å². The zero-order valence-electron chi connectivity index (χ0n) is 7.88. The van der Waals surface area contributed by atoms with E-state index in [1.165, 1.54) is 6.07 Å². The number of hydrogen-bond donors (Lipinski definition) is 0. The Labute approximate surface area is 94.6 Å². The molecule has 0 saturated carbocycles. The van der Waals surface area contributed by atoms with Crippen LogP contribution in [-0.2, 0) is 0 Å². The minimum absolute atomic E-state index is 0.470. The molecule has 1 aromatic carbocycles. The zero-order valence-corrected chi connectivity index (χ0v) is 9.47. The lowest BCUT2D eigenvalue weighted by Crippen LogP contribution is -1.95. The van der Waals surface area contributed by atoms with E-state index in [-0.39, 0.29) is 0 Å². The smallest absolute Gasteiger partial charge is 0.258 e. The van der Waals surface area contributed by atoms with Gasteiger partial charge in [0.25, 0.3) is 0 Å². The highest BCUT2D eigenvalue weighted by molar-refractivity contribution is 9.09. The first-order valence-electron chi connectivity index (χ1n) is 4.05. The molecular formula is C10H7BrFNO2. The number of nitrogens with zero attached hydrogens (tertiary/aromatic N) is 1. The Kier molecular flexibility index (Phi) is 3.81. The van der Waals surface area contributed by atoms with Gasteiger partial charge < -0.3 is 0 Å². The average molecular weight is 272 g/mol. The summed E-state index contributed by atoms with van der Waals surface area (Å²) in [6, 6.07) is 2.27. The summed E-state index contributed by atoms with van der Waals surface area (Å²) in [5.74, 6) is 4.56. The van der Waals surface area contributed by atoms with Gasteiger partial charge in [-0.15, -0.1) is 0 Å². The van der Waals surface area contributed by atoms with Crippen molar-refractivity contribution in [1.82, 2.24) is 0 Å². The van der Waals surface area contributed by atoms with E-state index in [4.69, 9.17) is 0 Å². The Morgan fingerprint density at radius 3 is 2.80 bits per heavy atom. The Hall–Kier alpha value is -1.41. The van der Waals surface area contributed by atoms with Crippen molar-refractivity contribution in [2.45, 2.75) is 6.92 Å². The normalized spacial score (nSPS) is 9.27. The van der Waals surface area contributed by atoms with Crippen LogP contribution in [0.4, 0.5) is 10.1 Å². The zero-order chi connectivity index (χ0) is 11.4. The molecule has 5 heteroatoms. The molecule has 0 aliphatic rings. The fourth-order valence-electron chi connectivity index (χ4n) is 1.07. The van der Waals surface area contributed by atoms with Gasteiger partial charge in [-0.25, -0.2) is 0 Å². The molecule has 0 aromatic heterocycles.